The minimum Gasteiger partial charge on any atom is -0.480 e. The zero-order chi connectivity index (χ0) is 17.6. The number of aliphatic carboxylic acids is 1. The number of rotatable bonds is 3. The lowest BCUT2D eigenvalue weighted by atomic mass is 9.94. The van der Waals surface area contributed by atoms with Crippen LogP contribution in [-0.4, -0.2) is 39.5 Å². The van der Waals surface area contributed by atoms with Crippen LogP contribution in [0.25, 0.3) is 11.5 Å². The van der Waals surface area contributed by atoms with Gasteiger partial charge in [0.15, 0.2) is 5.69 Å². The number of oxazole rings is 1. The molecule has 3 atom stereocenters. The quantitative estimate of drug-likeness (QED) is 0.928. The van der Waals surface area contributed by atoms with Crippen molar-refractivity contribution in [1.29, 1.82) is 0 Å². The molecule has 6 heteroatoms. The summed E-state index contributed by atoms with van der Waals surface area (Å²) in [5.41, 5.74) is 1.00. The minimum absolute atomic E-state index is 0.0576. The monoisotopic (exact) mass is 340 g/mol. The van der Waals surface area contributed by atoms with E-state index in [9.17, 15) is 14.7 Å². The predicted octanol–water partition coefficient (Wildman–Crippen LogP) is 2.98. The van der Waals surface area contributed by atoms with E-state index >= 15 is 0 Å². The zero-order valence-electron chi connectivity index (χ0n) is 14.0. The van der Waals surface area contributed by atoms with Crippen molar-refractivity contribution in [2.24, 2.45) is 11.8 Å². The topological polar surface area (TPSA) is 83.6 Å². The molecule has 1 aromatic carbocycles. The van der Waals surface area contributed by atoms with Crippen molar-refractivity contribution in [2.75, 3.05) is 6.54 Å². The molecule has 1 saturated heterocycles. The maximum absolute atomic E-state index is 13.0. The summed E-state index contributed by atoms with van der Waals surface area (Å²) in [5, 5.41) is 9.64. The van der Waals surface area contributed by atoms with E-state index in [0.29, 0.717) is 18.2 Å². The smallest absolute Gasteiger partial charge is 0.326 e. The standard InChI is InChI=1S/C19H20N2O4/c1-11-15(20-17(25-11)12-6-3-2-4-7-12)18(22)21-10-13-8-5-9-14(13)16(21)19(23)24/h2-4,6-7,13-14,16H,5,8-10H2,1H3,(H,23,24). The fraction of sp³-hybridized carbons (Fsp3) is 0.421. The number of amides is 1. The third-order valence-electron chi connectivity index (χ3n) is 5.42. The first-order valence-electron chi connectivity index (χ1n) is 8.63. The summed E-state index contributed by atoms with van der Waals surface area (Å²) in [4.78, 5) is 30.6. The van der Waals surface area contributed by atoms with Crippen LogP contribution < -0.4 is 0 Å². The third-order valence-corrected chi connectivity index (χ3v) is 5.42. The lowest BCUT2D eigenvalue weighted by Crippen LogP contribution is -2.43. The minimum atomic E-state index is -0.924. The Balaban J connectivity index is 1.65. The number of aryl methyl sites for hydroxylation is 1. The van der Waals surface area contributed by atoms with Gasteiger partial charge >= 0.3 is 5.97 Å². The van der Waals surface area contributed by atoms with Crippen LogP contribution in [0.3, 0.4) is 0 Å². The van der Waals surface area contributed by atoms with Crippen LogP contribution in [-0.2, 0) is 4.79 Å². The van der Waals surface area contributed by atoms with Gasteiger partial charge in [-0.2, -0.15) is 0 Å². The second-order valence-corrected chi connectivity index (χ2v) is 6.89. The summed E-state index contributed by atoms with van der Waals surface area (Å²) in [7, 11) is 0. The number of carbonyl (C=O) groups excluding carboxylic acids is 1. The van der Waals surface area contributed by atoms with Crippen LogP contribution in [0.1, 0.15) is 35.5 Å². The van der Waals surface area contributed by atoms with Crippen molar-refractivity contribution in [3.63, 3.8) is 0 Å². The summed E-state index contributed by atoms with van der Waals surface area (Å²) in [6.07, 6.45) is 2.91. The molecule has 0 radical (unpaired) electrons. The van der Waals surface area contributed by atoms with Crippen molar-refractivity contribution < 1.29 is 19.1 Å². The molecule has 1 aliphatic carbocycles. The van der Waals surface area contributed by atoms with Crippen LogP contribution in [0, 0.1) is 18.8 Å². The molecule has 4 rings (SSSR count). The Labute approximate surface area is 145 Å². The van der Waals surface area contributed by atoms with Crippen molar-refractivity contribution in [1.82, 2.24) is 9.88 Å². The molecule has 1 aromatic heterocycles. The van der Waals surface area contributed by atoms with E-state index in [1.807, 2.05) is 30.3 Å². The van der Waals surface area contributed by atoms with Gasteiger partial charge in [0.25, 0.3) is 5.91 Å². The van der Waals surface area contributed by atoms with Gasteiger partial charge in [0.1, 0.15) is 11.8 Å². The van der Waals surface area contributed by atoms with Gasteiger partial charge in [-0.05, 0) is 43.7 Å². The number of benzene rings is 1. The van der Waals surface area contributed by atoms with Crippen LogP contribution in [0.15, 0.2) is 34.7 Å². The average Bonchev–Trinajstić information content (AvgIpc) is 3.28. The summed E-state index contributed by atoms with van der Waals surface area (Å²) in [6, 6.07) is 8.61. The van der Waals surface area contributed by atoms with Gasteiger partial charge in [-0.1, -0.05) is 24.6 Å². The second kappa shape index (κ2) is 6.02. The fourth-order valence-corrected chi connectivity index (χ4v) is 4.27. The molecule has 3 unspecified atom stereocenters. The molecule has 2 aromatic rings. The van der Waals surface area contributed by atoms with E-state index < -0.39 is 12.0 Å². The van der Waals surface area contributed by atoms with E-state index in [4.69, 9.17) is 4.42 Å². The van der Waals surface area contributed by atoms with Crippen molar-refractivity contribution in [3.05, 3.63) is 41.8 Å². The number of hydrogen-bond acceptors (Lipinski definition) is 4. The number of carbonyl (C=O) groups is 2. The van der Waals surface area contributed by atoms with Gasteiger partial charge < -0.3 is 14.4 Å². The molecule has 6 nitrogen and oxygen atoms in total. The summed E-state index contributed by atoms with van der Waals surface area (Å²) >= 11 is 0. The summed E-state index contributed by atoms with van der Waals surface area (Å²) in [5.74, 6) is -0.122. The highest BCUT2D eigenvalue weighted by Gasteiger charge is 2.50. The van der Waals surface area contributed by atoms with Crippen LogP contribution in [0.2, 0.25) is 0 Å². The molecular weight excluding hydrogens is 320 g/mol. The summed E-state index contributed by atoms with van der Waals surface area (Å²) < 4.78 is 5.67. The van der Waals surface area contributed by atoms with E-state index in [-0.39, 0.29) is 23.4 Å². The number of fused-ring (bicyclic) bond motifs is 1. The highest BCUT2D eigenvalue weighted by Crippen LogP contribution is 2.43. The molecule has 130 valence electrons. The van der Waals surface area contributed by atoms with Crippen molar-refractivity contribution in [3.8, 4) is 11.5 Å². The summed E-state index contributed by atoms with van der Waals surface area (Å²) in [6.45, 7) is 2.19. The van der Waals surface area contributed by atoms with E-state index in [1.54, 1.807) is 6.92 Å². The maximum atomic E-state index is 13.0. The maximum Gasteiger partial charge on any atom is 0.326 e. The Kier molecular flexibility index (Phi) is 3.82. The molecule has 1 aliphatic heterocycles. The van der Waals surface area contributed by atoms with Crippen LogP contribution in [0.4, 0.5) is 0 Å². The van der Waals surface area contributed by atoms with E-state index in [1.165, 1.54) is 4.90 Å². The number of carboxylic acids is 1. The van der Waals surface area contributed by atoms with E-state index in [0.717, 1.165) is 24.8 Å². The van der Waals surface area contributed by atoms with Gasteiger partial charge in [-0.3, -0.25) is 4.79 Å². The molecule has 25 heavy (non-hydrogen) atoms. The largest absolute Gasteiger partial charge is 0.480 e. The Bertz CT molecular complexity index is 814. The Morgan fingerprint density at radius 3 is 2.72 bits per heavy atom. The molecule has 1 amide bonds. The van der Waals surface area contributed by atoms with Crippen molar-refractivity contribution in [2.45, 2.75) is 32.2 Å². The molecule has 1 N–H and O–H groups in total. The van der Waals surface area contributed by atoms with E-state index in [2.05, 4.69) is 4.98 Å². The molecule has 2 aliphatic rings. The normalized spacial score (nSPS) is 25.2. The number of carboxylic acid groups (broad SMARTS) is 1. The number of hydrogen-bond donors (Lipinski definition) is 1. The zero-order valence-corrected chi connectivity index (χ0v) is 14.0. The average molecular weight is 340 g/mol. The lowest BCUT2D eigenvalue weighted by molar-refractivity contribution is -0.142. The first-order valence-corrected chi connectivity index (χ1v) is 8.63. The molecule has 2 heterocycles. The molecule has 1 saturated carbocycles. The highest BCUT2D eigenvalue weighted by molar-refractivity contribution is 5.96. The van der Waals surface area contributed by atoms with Gasteiger partial charge in [-0.15, -0.1) is 0 Å². The fourth-order valence-electron chi connectivity index (χ4n) is 4.27. The van der Waals surface area contributed by atoms with Gasteiger partial charge in [0.2, 0.25) is 5.89 Å². The van der Waals surface area contributed by atoms with Crippen molar-refractivity contribution >= 4 is 11.9 Å². The molecular formula is C19H20N2O4. The molecule has 0 bridgehead atoms. The number of likely N-dealkylation sites (tertiary alicyclic amines) is 1. The van der Waals surface area contributed by atoms with Crippen LogP contribution >= 0.6 is 0 Å². The third kappa shape index (κ3) is 2.62. The molecule has 0 spiro atoms. The predicted molar refractivity (Wildman–Crippen MR) is 90.0 cm³/mol. The number of nitrogens with zero attached hydrogens (tertiary/aromatic N) is 2. The Morgan fingerprint density at radius 2 is 2.00 bits per heavy atom. The number of aromatic nitrogens is 1. The van der Waals surface area contributed by atoms with Crippen LogP contribution in [0.5, 0.6) is 0 Å². The first kappa shape index (κ1) is 15.9. The van der Waals surface area contributed by atoms with Gasteiger partial charge in [0.05, 0.1) is 0 Å². The molecule has 2 fully saturated rings. The first-order chi connectivity index (χ1) is 12.1. The lowest BCUT2D eigenvalue weighted by Gasteiger charge is -2.23. The van der Waals surface area contributed by atoms with Gasteiger partial charge in [0, 0.05) is 12.1 Å². The Hall–Kier alpha value is -2.63. The Morgan fingerprint density at radius 1 is 1.24 bits per heavy atom. The second-order valence-electron chi connectivity index (χ2n) is 6.89. The SMILES string of the molecule is Cc1oc(-c2ccccc2)nc1C(=O)N1CC2CCCC2C1C(=O)O. The van der Waals surface area contributed by atoms with Gasteiger partial charge in [-0.25, -0.2) is 9.78 Å². The highest BCUT2D eigenvalue weighted by atomic mass is 16.4.